The van der Waals surface area contributed by atoms with Gasteiger partial charge in [-0.15, -0.1) is 11.8 Å². The predicted octanol–water partition coefficient (Wildman–Crippen LogP) is 3.94. The zero-order valence-corrected chi connectivity index (χ0v) is 12.1. The third kappa shape index (κ3) is 3.29. The fraction of sp³-hybridized carbons (Fsp3) is 0.500. The molecule has 110 valence electrons. The average Bonchev–Trinajstić information content (AvgIpc) is 2.70. The molecule has 1 fully saturated rings. The van der Waals surface area contributed by atoms with Gasteiger partial charge >= 0.3 is 6.18 Å². The maximum absolute atomic E-state index is 12.5. The number of hydrogen-bond donors (Lipinski definition) is 0. The molecule has 0 spiro atoms. The second kappa shape index (κ2) is 5.68. The van der Waals surface area contributed by atoms with Crippen LogP contribution < -0.4 is 0 Å². The SMILES string of the molecule is CC(C)CN1C(=O)CSC1c1ccc(C(F)(F)F)cc1. The van der Waals surface area contributed by atoms with E-state index in [1.807, 2.05) is 13.8 Å². The van der Waals surface area contributed by atoms with Gasteiger partial charge in [-0.25, -0.2) is 0 Å². The highest BCUT2D eigenvalue weighted by molar-refractivity contribution is 8.00. The highest BCUT2D eigenvalue weighted by atomic mass is 32.2. The smallest absolute Gasteiger partial charge is 0.326 e. The van der Waals surface area contributed by atoms with Gasteiger partial charge in [-0.2, -0.15) is 13.2 Å². The molecule has 1 aromatic rings. The van der Waals surface area contributed by atoms with Crippen molar-refractivity contribution in [2.45, 2.75) is 25.4 Å². The topological polar surface area (TPSA) is 20.3 Å². The van der Waals surface area contributed by atoms with Crippen molar-refractivity contribution >= 4 is 17.7 Å². The molecule has 0 saturated carbocycles. The Kier molecular flexibility index (Phi) is 4.32. The molecule has 0 N–H and O–H groups in total. The molecule has 1 unspecified atom stereocenters. The first kappa shape index (κ1) is 15.2. The summed E-state index contributed by atoms with van der Waals surface area (Å²) in [5.74, 6) is 0.765. The molecule has 1 heterocycles. The highest BCUT2D eigenvalue weighted by Gasteiger charge is 2.34. The number of alkyl halides is 3. The van der Waals surface area contributed by atoms with Crippen molar-refractivity contribution in [3.8, 4) is 0 Å². The molecule has 1 aliphatic rings. The van der Waals surface area contributed by atoms with Gasteiger partial charge in [0.2, 0.25) is 5.91 Å². The number of benzene rings is 1. The molecule has 0 radical (unpaired) electrons. The van der Waals surface area contributed by atoms with Crippen LogP contribution in [0.3, 0.4) is 0 Å². The van der Waals surface area contributed by atoms with Crippen molar-refractivity contribution in [2.75, 3.05) is 12.3 Å². The summed E-state index contributed by atoms with van der Waals surface area (Å²) >= 11 is 1.46. The first-order chi connectivity index (χ1) is 9.29. The number of carbonyl (C=O) groups is 1. The van der Waals surface area contributed by atoms with E-state index < -0.39 is 11.7 Å². The Balaban J connectivity index is 2.20. The van der Waals surface area contributed by atoms with E-state index in [0.29, 0.717) is 18.2 Å². The Labute approximate surface area is 120 Å². The van der Waals surface area contributed by atoms with Gasteiger partial charge in [0, 0.05) is 6.54 Å². The summed E-state index contributed by atoms with van der Waals surface area (Å²) in [6.45, 7) is 4.65. The Morgan fingerprint density at radius 3 is 2.40 bits per heavy atom. The fourth-order valence-electron chi connectivity index (χ4n) is 2.16. The van der Waals surface area contributed by atoms with Crippen LogP contribution in [0.25, 0.3) is 0 Å². The highest BCUT2D eigenvalue weighted by Crippen LogP contribution is 2.40. The van der Waals surface area contributed by atoms with E-state index in [2.05, 4.69) is 0 Å². The van der Waals surface area contributed by atoms with Gasteiger partial charge in [-0.3, -0.25) is 4.79 Å². The normalized spacial score (nSPS) is 20.0. The summed E-state index contributed by atoms with van der Waals surface area (Å²) < 4.78 is 37.6. The van der Waals surface area contributed by atoms with Gasteiger partial charge in [0.15, 0.2) is 0 Å². The van der Waals surface area contributed by atoms with Crippen LogP contribution in [0.5, 0.6) is 0 Å². The molecule has 0 aliphatic carbocycles. The number of carbonyl (C=O) groups excluding carboxylic acids is 1. The van der Waals surface area contributed by atoms with Gasteiger partial charge in [-0.1, -0.05) is 26.0 Å². The summed E-state index contributed by atoms with van der Waals surface area (Å²) in [7, 11) is 0. The maximum atomic E-state index is 12.5. The molecule has 0 aromatic heterocycles. The minimum absolute atomic E-state index is 0.0496. The fourth-order valence-corrected chi connectivity index (χ4v) is 3.36. The minimum Gasteiger partial charge on any atom is -0.326 e. The van der Waals surface area contributed by atoms with Gasteiger partial charge in [0.25, 0.3) is 0 Å². The number of thioether (sulfide) groups is 1. The zero-order valence-electron chi connectivity index (χ0n) is 11.3. The second-order valence-corrected chi connectivity index (χ2v) is 6.29. The summed E-state index contributed by atoms with van der Waals surface area (Å²) in [5, 5.41) is -0.174. The van der Waals surface area contributed by atoms with E-state index in [4.69, 9.17) is 0 Å². The quantitative estimate of drug-likeness (QED) is 0.843. The Hall–Kier alpha value is -1.17. The van der Waals surface area contributed by atoms with E-state index in [1.165, 1.54) is 23.9 Å². The van der Waals surface area contributed by atoms with Crippen molar-refractivity contribution in [3.63, 3.8) is 0 Å². The summed E-state index contributed by atoms with van der Waals surface area (Å²) in [6.07, 6.45) is -4.32. The van der Waals surface area contributed by atoms with Crippen LogP contribution in [0.15, 0.2) is 24.3 Å². The number of amides is 1. The van der Waals surface area contributed by atoms with E-state index in [0.717, 1.165) is 17.7 Å². The van der Waals surface area contributed by atoms with Crippen LogP contribution in [-0.4, -0.2) is 23.1 Å². The summed E-state index contributed by atoms with van der Waals surface area (Å²) in [6, 6.07) is 5.08. The second-order valence-electron chi connectivity index (χ2n) is 5.22. The summed E-state index contributed by atoms with van der Waals surface area (Å²) in [4.78, 5) is 13.6. The van der Waals surface area contributed by atoms with E-state index in [1.54, 1.807) is 4.90 Å². The largest absolute Gasteiger partial charge is 0.416 e. The van der Waals surface area contributed by atoms with Crippen molar-refractivity contribution in [1.82, 2.24) is 4.90 Å². The molecule has 1 saturated heterocycles. The van der Waals surface area contributed by atoms with Crippen LogP contribution in [0, 0.1) is 5.92 Å². The predicted molar refractivity (Wildman–Crippen MR) is 73.2 cm³/mol. The van der Waals surface area contributed by atoms with E-state index >= 15 is 0 Å². The van der Waals surface area contributed by atoms with Gasteiger partial charge in [0.1, 0.15) is 5.37 Å². The summed E-state index contributed by atoms with van der Waals surface area (Å²) in [5.41, 5.74) is 0.0838. The maximum Gasteiger partial charge on any atom is 0.416 e. The molecule has 20 heavy (non-hydrogen) atoms. The van der Waals surface area contributed by atoms with Crippen molar-refractivity contribution in [1.29, 1.82) is 0 Å². The van der Waals surface area contributed by atoms with Gasteiger partial charge in [0.05, 0.1) is 11.3 Å². The Bertz CT molecular complexity index is 484. The molecular formula is C14H16F3NOS. The lowest BCUT2D eigenvalue weighted by atomic mass is 10.1. The standard InChI is InChI=1S/C14H16F3NOS/c1-9(2)7-18-12(19)8-20-13(18)10-3-5-11(6-4-10)14(15,16)17/h3-6,9,13H,7-8H2,1-2H3. The average molecular weight is 303 g/mol. The third-order valence-electron chi connectivity index (χ3n) is 3.05. The Morgan fingerprint density at radius 2 is 1.90 bits per heavy atom. The molecule has 0 bridgehead atoms. The Morgan fingerprint density at radius 1 is 1.30 bits per heavy atom. The molecule has 6 heteroatoms. The molecule has 1 atom stereocenters. The molecule has 1 amide bonds. The molecular weight excluding hydrogens is 287 g/mol. The van der Waals surface area contributed by atoms with Gasteiger partial charge < -0.3 is 4.90 Å². The molecule has 1 aliphatic heterocycles. The number of nitrogens with zero attached hydrogens (tertiary/aromatic N) is 1. The van der Waals surface area contributed by atoms with E-state index in [-0.39, 0.29) is 11.3 Å². The molecule has 1 aromatic carbocycles. The first-order valence-electron chi connectivity index (χ1n) is 6.37. The lowest BCUT2D eigenvalue weighted by Crippen LogP contribution is -2.31. The lowest BCUT2D eigenvalue weighted by molar-refractivity contribution is -0.137. The van der Waals surface area contributed by atoms with Crippen molar-refractivity contribution in [3.05, 3.63) is 35.4 Å². The number of hydrogen-bond acceptors (Lipinski definition) is 2. The minimum atomic E-state index is -4.32. The van der Waals surface area contributed by atoms with Crippen molar-refractivity contribution in [2.24, 2.45) is 5.92 Å². The number of rotatable bonds is 3. The van der Waals surface area contributed by atoms with Gasteiger partial charge in [-0.05, 0) is 23.6 Å². The lowest BCUT2D eigenvalue weighted by Gasteiger charge is -2.26. The van der Waals surface area contributed by atoms with Crippen LogP contribution in [0.1, 0.15) is 30.3 Å². The third-order valence-corrected chi connectivity index (χ3v) is 4.31. The zero-order chi connectivity index (χ0) is 14.9. The van der Waals surface area contributed by atoms with Crippen LogP contribution >= 0.6 is 11.8 Å². The van der Waals surface area contributed by atoms with E-state index in [9.17, 15) is 18.0 Å². The number of halogens is 3. The van der Waals surface area contributed by atoms with Crippen LogP contribution in [-0.2, 0) is 11.0 Å². The monoisotopic (exact) mass is 303 g/mol. The first-order valence-corrected chi connectivity index (χ1v) is 7.42. The molecule has 2 nitrogen and oxygen atoms in total. The van der Waals surface area contributed by atoms with Crippen LogP contribution in [0.2, 0.25) is 0 Å². The molecule has 2 rings (SSSR count). The van der Waals surface area contributed by atoms with Crippen molar-refractivity contribution < 1.29 is 18.0 Å². The van der Waals surface area contributed by atoms with Crippen LogP contribution in [0.4, 0.5) is 13.2 Å².